The minimum Gasteiger partial charge on any atom is -0.497 e. The third-order valence-electron chi connectivity index (χ3n) is 4.46. The molecule has 0 aliphatic heterocycles. The molecule has 9 heteroatoms. The second-order valence-corrected chi connectivity index (χ2v) is 7.56. The smallest absolute Gasteiger partial charge is 0.338 e. The Kier molecular flexibility index (Phi) is 7.66. The molecule has 1 N–H and O–H groups in total. The van der Waals surface area contributed by atoms with Crippen molar-refractivity contribution in [2.45, 2.75) is 18.5 Å². The second-order valence-electron chi connectivity index (χ2n) is 6.62. The summed E-state index contributed by atoms with van der Waals surface area (Å²) in [5, 5.41) is 11.9. The lowest BCUT2D eigenvalue weighted by Gasteiger charge is -2.07. The van der Waals surface area contributed by atoms with Gasteiger partial charge in [0.1, 0.15) is 11.6 Å². The molecule has 3 rings (SSSR count). The van der Waals surface area contributed by atoms with E-state index in [1.807, 2.05) is 35.9 Å². The lowest BCUT2D eigenvalue weighted by molar-refractivity contribution is -0.113. The third-order valence-corrected chi connectivity index (χ3v) is 5.48. The molecule has 0 unspecified atom stereocenters. The number of rotatable bonds is 9. The van der Waals surface area contributed by atoms with Crippen LogP contribution in [-0.2, 0) is 23.0 Å². The van der Waals surface area contributed by atoms with Crippen molar-refractivity contribution in [3.8, 4) is 5.75 Å². The third kappa shape index (κ3) is 6.08. The Morgan fingerprint density at radius 3 is 2.42 bits per heavy atom. The second kappa shape index (κ2) is 10.6. The van der Waals surface area contributed by atoms with Gasteiger partial charge in [-0.25, -0.2) is 4.79 Å². The minimum atomic E-state index is -0.386. The summed E-state index contributed by atoms with van der Waals surface area (Å²) in [5.74, 6) is 1.24. The molecule has 0 aliphatic rings. The van der Waals surface area contributed by atoms with E-state index in [4.69, 9.17) is 9.47 Å². The van der Waals surface area contributed by atoms with Crippen molar-refractivity contribution in [1.82, 2.24) is 14.8 Å². The largest absolute Gasteiger partial charge is 0.497 e. The van der Waals surface area contributed by atoms with Gasteiger partial charge in [0.05, 0.1) is 25.0 Å². The minimum absolute atomic E-state index is 0.173. The summed E-state index contributed by atoms with van der Waals surface area (Å²) in [6.45, 7) is 2.07. The average molecular weight is 441 g/mol. The van der Waals surface area contributed by atoms with E-state index in [1.54, 1.807) is 38.3 Å². The number of aromatic nitrogens is 3. The van der Waals surface area contributed by atoms with Crippen molar-refractivity contribution in [3.05, 3.63) is 65.5 Å². The number of carbonyl (C=O) groups excluding carboxylic acids is 2. The highest BCUT2D eigenvalue weighted by Crippen LogP contribution is 2.19. The normalized spacial score (nSPS) is 10.5. The predicted octanol–water partition coefficient (Wildman–Crippen LogP) is 3.32. The molecule has 2 aromatic carbocycles. The van der Waals surface area contributed by atoms with Gasteiger partial charge in [0.25, 0.3) is 0 Å². The molecule has 1 heterocycles. The van der Waals surface area contributed by atoms with Crippen LogP contribution in [0, 0.1) is 0 Å². The van der Waals surface area contributed by atoms with Crippen LogP contribution in [0.5, 0.6) is 5.75 Å². The monoisotopic (exact) mass is 440 g/mol. The molecule has 1 amide bonds. The van der Waals surface area contributed by atoms with Gasteiger partial charge in [-0.3, -0.25) is 4.79 Å². The maximum absolute atomic E-state index is 12.3. The van der Waals surface area contributed by atoms with Crippen LogP contribution in [0.2, 0.25) is 0 Å². The van der Waals surface area contributed by atoms with Gasteiger partial charge < -0.3 is 19.4 Å². The highest BCUT2D eigenvalue weighted by molar-refractivity contribution is 7.99. The molecular formula is C22H24N4O4S. The van der Waals surface area contributed by atoms with E-state index in [-0.39, 0.29) is 17.6 Å². The Balaban J connectivity index is 1.52. The van der Waals surface area contributed by atoms with Crippen molar-refractivity contribution in [3.63, 3.8) is 0 Å². The molecule has 0 atom stereocenters. The van der Waals surface area contributed by atoms with E-state index < -0.39 is 0 Å². The van der Waals surface area contributed by atoms with Gasteiger partial charge in [-0.05, 0) is 48.9 Å². The number of amides is 1. The molecule has 31 heavy (non-hydrogen) atoms. The fourth-order valence-corrected chi connectivity index (χ4v) is 3.51. The maximum Gasteiger partial charge on any atom is 0.338 e. The van der Waals surface area contributed by atoms with Crippen LogP contribution in [0.15, 0.2) is 53.7 Å². The summed E-state index contributed by atoms with van der Waals surface area (Å²) in [6.07, 6.45) is 0.632. The molecule has 0 spiro atoms. The Morgan fingerprint density at radius 1 is 1.06 bits per heavy atom. The molecule has 0 saturated heterocycles. The number of anilines is 1. The number of hydrogen-bond acceptors (Lipinski definition) is 7. The molecule has 1 aromatic heterocycles. The van der Waals surface area contributed by atoms with E-state index in [2.05, 4.69) is 15.5 Å². The topological polar surface area (TPSA) is 95.3 Å². The van der Waals surface area contributed by atoms with E-state index in [1.165, 1.54) is 11.8 Å². The lowest BCUT2D eigenvalue weighted by Crippen LogP contribution is -2.14. The van der Waals surface area contributed by atoms with E-state index >= 15 is 0 Å². The first-order valence-electron chi connectivity index (χ1n) is 9.71. The molecule has 0 fully saturated rings. The van der Waals surface area contributed by atoms with Crippen molar-refractivity contribution in [1.29, 1.82) is 0 Å². The summed E-state index contributed by atoms with van der Waals surface area (Å²) in [7, 11) is 3.52. The van der Waals surface area contributed by atoms with Gasteiger partial charge in [-0.2, -0.15) is 0 Å². The number of hydrogen-bond donors (Lipinski definition) is 1. The summed E-state index contributed by atoms with van der Waals surface area (Å²) >= 11 is 1.31. The van der Waals surface area contributed by atoms with Gasteiger partial charge in [-0.1, -0.05) is 23.9 Å². The number of ether oxygens (including phenoxy) is 2. The summed E-state index contributed by atoms with van der Waals surface area (Å²) < 4.78 is 12.0. The Labute approximate surface area is 185 Å². The number of benzene rings is 2. The van der Waals surface area contributed by atoms with Crippen LogP contribution in [0.25, 0.3) is 0 Å². The molecule has 0 saturated carbocycles. The number of thioether (sulfide) groups is 1. The number of carbonyl (C=O) groups is 2. The molecule has 162 valence electrons. The van der Waals surface area contributed by atoms with Crippen molar-refractivity contribution < 1.29 is 19.1 Å². The van der Waals surface area contributed by atoms with Crippen molar-refractivity contribution in [2.24, 2.45) is 7.05 Å². The van der Waals surface area contributed by atoms with Crippen LogP contribution in [0.4, 0.5) is 5.69 Å². The van der Waals surface area contributed by atoms with Crippen LogP contribution in [-0.4, -0.2) is 46.1 Å². The number of nitrogens with zero attached hydrogens (tertiary/aromatic N) is 3. The lowest BCUT2D eigenvalue weighted by atomic mass is 10.1. The zero-order valence-electron chi connectivity index (χ0n) is 17.6. The zero-order chi connectivity index (χ0) is 22.2. The van der Waals surface area contributed by atoms with Crippen molar-refractivity contribution >= 4 is 29.3 Å². The van der Waals surface area contributed by atoms with Gasteiger partial charge in [0, 0.05) is 19.2 Å². The van der Waals surface area contributed by atoms with Gasteiger partial charge in [0.2, 0.25) is 5.91 Å². The van der Waals surface area contributed by atoms with Crippen LogP contribution in [0.3, 0.4) is 0 Å². The number of esters is 1. The molecule has 0 bridgehead atoms. The Bertz CT molecular complexity index is 1030. The molecule has 8 nitrogen and oxygen atoms in total. The fourth-order valence-electron chi connectivity index (χ4n) is 2.78. The van der Waals surface area contributed by atoms with E-state index in [0.29, 0.717) is 29.4 Å². The fraction of sp³-hybridized carbons (Fsp3) is 0.273. The number of nitrogens with one attached hydrogen (secondary N) is 1. The standard InChI is InChI=1S/C22H24N4O4S/c1-4-30-21(28)16-7-9-17(10-8-16)23-20(27)14-31-22-25-24-19(26(22)2)13-15-5-11-18(29-3)12-6-15/h5-12H,4,13-14H2,1-3H3,(H,23,27). The highest BCUT2D eigenvalue weighted by atomic mass is 32.2. The van der Waals surface area contributed by atoms with Crippen LogP contribution in [0.1, 0.15) is 28.7 Å². The van der Waals surface area contributed by atoms with Crippen LogP contribution >= 0.6 is 11.8 Å². The van der Waals surface area contributed by atoms with Crippen molar-refractivity contribution in [2.75, 3.05) is 24.8 Å². The van der Waals surface area contributed by atoms with Crippen LogP contribution < -0.4 is 10.1 Å². The quantitative estimate of drug-likeness (QED) is 0.403. The first kappa shape index (κ1) is 22.4. The predicted molar refractivity (Wildman–Crippen MR) is 119 cm³/mol. The highest BCUT2D eigenvalue weighted by Gasteiger charge is 2.13. The number of methoxy groups -OCH3 is 1. The average Bonchev–Trinajstić information content (AvgIpc) is 3.12. The zero-order valence-corrected chi connectivity index (χ0v) is 18.4. The maximum atomic E-state index is 12.3. The van der Waals surface area contributed by atoms with Gasteiger partial charge in [-0.15, -0.1) is 10.2 Å². The molecule has 3 aromatic rings. The summed E-state index contributed by atoms with van der Waals surface area (Å²) in [4.78, 5) is 24.0. The Hall–Kier alpha value is -3.33. The van der Waals surface area contributed by atoms with E-state index in [0.717, 1.165) is 17.1 Å². The molecule has 0 radical (unpaired) electrons. The Morgan fingerprint density at radius 2 is 1.77 bits per heavy atom. The molecule has 0 aliphatic carbocycles. The van der Waals surface area contributed by atoms with Gasteiger partial charge in [0.15, 0.2) is 5.16 Å². The first-order chi connectivity index (χ1) is 15.0. The summed E-state index contributed by atoms with van der Waals surface area (Å²) in [6, 6.07) is 14.4. The van der Waals surface area contributed by atoms with Gasteiger partial charge >= 0.3 is 5.97 Å². The SMILES string of the molecule is CCOC(=O)c1ccc(NC(=O)CSc2nnc(Cc3ccc(OC)cc3)n2C)cc1. The molecular weight excluding hydrogens is 416 g/mol. The van der Waals surface area contributed by atoms with E-state index in [9.17, 15) is 9.59 Å². The first-order valence-corrected chi connectivity index (χ1v) is 10.7. The summed E-state index contributed by atoms with van der Waals surface area (Å²) in [5.41, 5.74) is 2.14.